The standard InChI is InChI=1S/C11H17N3O/c12-5-4-11(15)14-8-6-13(7-9-14)10-2-1-3-10/h10H,1-4,6-9H2. The normalized spacial score (nSPS) is 23.3. The minimum Gasteiger partial charge on any atom is -0.339 e. The zero-order valence-electron chi connectivity index (χ0n) is 8.98. The smallest absolute Gasteiger partial charge is 0.236 e. The molecule has 0 aromatic heterocycles. The molecule has 1 saturated carbocycles. The van der Waals surface area contributed by atoms with E-state index in [1.54, 1.807) is 0 Å². The van der Waals surface area contributed by atoms with Crippen LogP contribution < -0.4 is 0 Å². The van der Waals surface area contributed by atoms with Crippen LogP contribution in [0.25, 0.3) is 0 Å². The van der Waals surface area contributed by atoms with Gasteiger partial charge in [0.25, 0.3) is 0 Å². The molecule has 0 unspecified atom stereocenters. The van der Waals surface area contributed by atoms with Crippen LogP contribution in [0.1, 0.15) is 25.7 Å². The van der Waals surface area contributed by atoms with Crippen LogP contribution in [0.3, 0.4) is 0 Å². The maximum absolute atomic E-state index is 11.4. The fourth-order valence-electron chi connectivity index (χ4n) is 2.27. The van der Waals surface area contributed by atoms with E-state index in [1.165, 1.54) is 19.3 Å². The molecule has 1 heterocycles. The number of nitrogens with zero attached hydrogens (tertiary/aromatic N) is 3. The Morgan fingerprint density at radius 3 is 2.40 bits per heavy atom. The number of nitriles is 1. The Hall–Kier alpha value is -1.08. The van der Waals surface area contributed by atoms with Crippen molar-refractivity contribution in [2.24, 2.45) is 0 Å². The van der Waals surface area contributed by atoms with Gasteiger partial charge in [-0.15, -0.1) is 0 Å². The molecule has 1 aliphatic heterocycles. The topological polar surface area (TPSA) is 47.3 Å². The molecule has 1 saturated heterocycles. The predicted molar refractivity (Wildman–Crippen MR) is 56.0 cm³/mol. The first-order valence-corrected chi connectivity index (χ1v) is 5.70. The summed E-state index contributed by atoms with van der Waals surface area (Å²) < 4.78 is 0. The fourth-order valence-corrected chi connectivity index (χ4v) is 2.27. The summed E-state index contributed by atoms with van der Waals surface area (Å²) in [6.07, 6.45) is 4.04. The molecule has 2 fully saturated rings. The van der Waals surface area contributed by atoms with E-state index in [0.29, 0.717) is 0 Å². The maximum Gasteiger partial charge on any atom is 0.236 e. The van der Waals surface area contributed by atoms with Crippen molar-refractivity contribution in [3.63, 3.8) is 0 Å². The molecule has 15 heavy (non-hydrogen) atoms. The van der Waals surface area contributed by atoms with Crippen LogP contribution in [-0.4, -0.2) is 47.9 Å². The average Bonchev–Trinajstić information content (AvgIpc) is 2.16. The molecular formula is C11H17N3O. The minimum atomic E-state index is -0.00856. The summed E-state index contributed by atoms with van der Waals surface area (Å²) in [6, 6.07) is 2.69. The first-order chi connectivity index (χ1) is 7.31. The Kier molecular flexibility index (Phi) is 3.22. The van der Waals surface area contributed by atoms with Crippen LogP contribution >= 0.6 is 0 Å². The second-order valence-corrected chi connectivity index (χ2v) is 4.34. The van der Waals surface area contributed by atoms with Crippen molar-refractivity contribution < 1.29 is 4.79 Å². The van der Waals surface area contributed by atoms with Gasteiger partial charge in [0.15, 0.2) is 0 Å². The minimum absolute atomic E-state index is 0.00856. The predicted octanol–water partition coefficient (Wildman–Crippen LogP) is 0.597. The van der Waals surface area contributed by atoms with Crippen molar-refractivity contribution in [3.8, 4) is 6.07 Å². The number of rotatable bonds is 2. The number of amides is 1. The van der Waals surface area contributed by atoms with Crippen molar-refractivity contribution in [1.82, 2.24) is 9.80 Å². The molecule has 1 aliphatic carbocycles. The zero-order valence-corrected chi connectivity index (χ0v) is 8.98. The number of piperazine rings is 1. The van der Waals surface area contributed by atoms with Gasteiger partial charge in [-0.2, -0.15) is 5.26 Å². The molecule has 2 rings (SSSR count). The summed E-state index contributed by atoms with van der Waals surface area (Å²) in [7, 11) is 0. The van der Waals surface area contributed by atoms with E-state index in [2.05, 4.69) is 4.90 Å². The van der Waals surface area contributed by atoms with Crippen LogP contribution in [0.5, 0.6) is 0 Å². The first-order valence-electron chi connectivity index (χ1n) is 5.70. The van der Waals surface area contributed by atoms with Gasteiger partial charge in [0.2, 0.25) is 5.91 Å². The number of hydrogen-bond donors (Lipinski definition) is 0. The molecule has 0 aromatic rings. The SMILES string of the molecule is N#CCC(=O)N1CCN(C2CCC2)CC1. The van der Waals surface area contributed by atoms with E-state index in [1.807, 2.05) is 11.0 Å². The molecule has 0 atom stereocenters. The zero-order chi connectivity index (χ0) is 10.7. The number of carbonyl (C=O) groups excluding carboxylic acids is 1. The van der Waals surface area contributed by atoms with Crippen LogP contribution in [0.2, 0.25) is 0 Å². The third kappa shape index (κ3) is 2.29. The Morgan fingerprint density at radius 1 is 1.27 bits per heavy atom. The highest BCUT2D eigenvalue weighted by atomic mass is 16.2. The Balaban J connectivity index is 1.76. The summed E-state index contributed by atoms with van der Waals surface area (Å²) in [4.78, 5) is 15.7. The van der Waals surface area contributed by atoms with Crippen molar-refractivity contribution in [1.29, 1.82) is 5.26 Å². The molecule has 0 spiro atoms. The maximum atomic E-state index is 11.4. The van der Waals surface area contributed by atoms with Gasteiger partial charge in [0.05, 0.1) is 6.07 Å². The molecule has 4 heteroatoms. The summed E-state index contributed by atoms with van der Waals surface area (Å²) in [5, 5.41) is 8.45. The fraction of sp³-hybridized carbons (Fsp3) is 0.818. The largest absolute Gasteiger partial charge is 0.339 e. The first kappa shape index (κ1) is 10.4. The van der Waals surface area contributed by atoms with Gasteiger partial charge in [-0.3, -0.25) is 9.69 Å². The monoisotopic (exact) mass is 207 g/mol. The molecule has 2 aliphatic rings. The molecule has 0 bridgehead atoms. The van der Waals surface area contributed by atoms with Crippen molar-refractivity contribution in [2.45, 2.75) is 31.7 Å². The van der Waals surface area contributed by atoms with Gasteiger partial charge in [-0.1, -0.05) is 6.42 Å². The summed E-state index contributed by atoms with van der Waals surface area (Å²) in [5.41, 5.74) is 0. The van der Waals surface area contributed by atoms with Crippen molar-refractivity contribution in [2.75, 3.05) is 26.2 Å². The summed E-state index contributed by atoms with van der Waals surface area (Å²) >= 11 is 0. The lowest BCUT2D eigenvalue weighted by Crippen LogP contribution is -2.53. The van der Waals surface area contributed by atoms with Gasteiger partial charge in [-0.05, 0) is 12.8 Å². The van der Waals surface area contributed by atoms with Crippen LogP contribution in [0, 0.1) is 11.3 Å². The second-order valence-electron chi connectivity index (χ2n) is 4.34. The summed E-state index contributed by atoms with van der Waals surface area (Å²) in [5.74, 6) is -0.00856. The molecule has 1 amide bonds. The Morgan fingerprint density at radius 2 is 1.93 bits per heavy atom. The Bertz CT molecular complexity index is 272. The van der Waals surface area contributed by atoms with Crippen LogP contribution in [0.4, 0.5) is 0 Å². The highest BCUT2D eigenvalue weighted by Crippen LogP contribution is 2.25. The van der Waals surface area contributed by atoms with Crippen molar-refractivity contribution >= 4 is 5.91 Å². The van der Waals surface area contributed by atoms with E-state index < -0.39 is 0 Å². The third-order valence-electron chi connectivity index (χ3n) is 3.49. The molecule has 0 N–H and O–H groups in total. The van der Waals surface area contributed by atoms with E-state index in [-0.39, 0.29) is 12.3 Å². The van der Waals surface area contributed by atoms with Crippen LogP contribution in [-0.2, 0) is 4.79 Å². The highest BCUT2D eigenvalue weighted by molar-refractivity contribution is 5.78. The highest BCUT2D eigenvalue weighted by Gasteiger charge is 2.28. The van der Waals surface area contributed by atoms with Gasteiger partial charge >= 0.3 is 0 Å². The van der Waals surface area contributed by atoms with Gasteiger partial charge in [-0.25, -0.2) is 0 Å². The molecule has 82 valence electrons. The number of hydrogen-bond acceptors (Lipinski definition) is 3. The van der Waals surface area contributed by atoms with Crippen molar-refractivity contribution in [3.05, 3.63) is 0 Å². The van der Waals surface area contributed by atoms with E-state index >= 15 is 0 Å². The van der Waals surface area contributed by atoms with Crippen LogP contribution in [0.15, 0.2) is 0 Å². The molecule has 0 radical (unpaired) electrons. The van der Waals surface area contributed by atoms with Gasteiger partial charge in [0.1, 0.15) is 6.42 Å². The molecule has 0 aromatic carbocycles. The van der Waals surface area contributed by atoms with E-state index in [0.717, 1.165) is 32.2 Å². The second kappa shape index (κ2) is 4.63. The molecular weight excluding hydrogens is 190 g/mol. The van der Waals surface area contributed by atoms with Gasteiger partial charge < -0.3 is 4.90 Å². The number of carbonyl (C=O) groups is 1. The van der Waals surface area contributed by atoms with E-state index in [4.69, 9.17) is 5.26 Å². The quantitative estimate of drug-likeness (QED) is 0.666. The molecule has 4 nitrogen and oxygen atoms in total. The lowest BCUT2D eigenvalue weighted by atomic mass is 9.91. The summed E-state index contributed by atoms with van der Waals surface area (Å²) in [6.45, 7) is 3.58. The average molecular weight is 207 g/mol. The Labute approximate surface area is 90.5 Å². The third-order valence-corrected chi connectivity index (χ3v) is 3.49. The van der Waals surface area contributed by atoms with E-state index in [9.17, 15) is 4.79 Å². The lowest BCUT2D eigenvalue weighted by Gasteiger charge is -2.42. The lowest BCUT2D eigenvalue weighted by molar-refractivity contribution is -0.132. The van der Waals surface area contributed by atoms with Gasteiger partial charge in [0, 0.05) is 32.2 Å².